The number of anilines is 1. The normalized spacial score (nSPS) is 16.6. The summed E-state index contributed by atoms with van der Waals surface area (Å²) >= 11 is 0. The van der Waals surface area contributed by atoms with E-state index in [1.165, 1.54) is 26.2 Å². The fourth-order valence-electron chi connectivity index (χ4n) is 12.3. The summed E-state index contributed by atoms with van der Waals surface area (Å²) in [6, 6.07) is 11.4. The molecule has 9 N–H and O–H groups in total. The first-order valence-corrected chi connectivity index (χ1v) is 34.5. The summed E-state index contributed by atoms with van der Waals surface area (Å²) < 4.78 is 39.5. The minimum absolute atomic E-state index is 0.00311. The lowest BCUT2D eigenvalue weighted by atomic mass is 9.83. The number of rotatable bonds is 48. The standard InChI is InChI=1S/C71H117N9O17/c1-15-48(8)64(59(91-13)43-61(84)80-32-20-24-56(80)66(92-14)49(9)67(86)75-50(10)65(85)52-21-17-16-18-22-52)78(11)69(88)55(45(2)3)42-58(82)63(47(6)7)79(12)71(90)97-44-51-25-27-54(28-26-51)76-68(87)53(23-19-31-74-70(73)89)41-57(81)62(46(4)5)77-60(83)29-33-93-35-37-95-39-40-96-38-36-94-34-30-72/h16-18,21-22,25-28,45-50,53,55-56,59,62-66,85H,15,19-20,23-24,29-44,72H2,1-14H3,(H,75,86)(H,76,87)(H,77,83)(H3,73,74,89)/t48-,49+,50+,53+,55-,56-,59+,62-,63-,64-,65+,66+/m0/s1. The average Bonchev–Trinajstić information content (AvgIpc) is 1.23. The molecule has 1 aliphatic heterocycles. The van der Waals surface area contributed by atoms with Gasteiger partial charge in [0.15, 0.2) is 11.6 Å². The van der Waals surface area contributed by atoms with Crippen molar-refractivity contribution < 1.29 is 81.4 Å². The summed E-state index contributed by atoms with van der Waals surface area (Å²) in [5.74, 6) is -5.84. The maximum atomic E-state index is 14.9. The number of nitrogens with two attached hydrogens (primary N) is 2. The van der Waals surface area contributed by atoms with Gasteiger partial charge in [0.05, 0.1) is 114 Å². The van der Waals surface area contributed by atoms with E-state index in [1.54, 1.807) is 80.9 Å². The molecule has 97 heavy (non-hydrogen) atoms. The Hall–Kier alpha value is -6.65. The van der Waals surface area contributed by atoms with E-state index < -0.39 is 90.2 Å². The van der Waals surface area contributed by atoms with Gasteiger partial charge in [-0.15, -0.1) is 0 Å². The number of urea groups is 1. The molecule has 0 bridgehead atoms. The van der Waals surface area contributed by atoms with E-state index in [1.807, 2.05) is 59.7 Å². The number of carbonyl (C=O) groups excluding carboxylic acids is 9. The maximum Gasteiger partial charge on any atom is 0.410 e. The van der Waals surface area contributed by atoms with E-state index in [4.69, 9.17) is 44.6 Å². The molecular formula is C71H117N9O17. The number of methoxy groups -OCH3 is 2. The van der Waals surface area contributed by atoms with Crippen molar-refractivity contribution in [3.63, 3.8) is 0 Å². The first-order chi connectivity index (χ1) is 46.1. The van der Waals surface area contributed by atoms with Crippen molar-refractivity contribution in [3.05, 3.63) is 65.7 Å². The zero-order valence-electron chi connectivity index (χ0n) is 60.2. The van der Waals surface area contributed by atoms with Gasteiger partial charge in [0, 0.05) is 84.7 Å². The van der Waals surface area contributed by atoms with Gasteiger partial charge < -0.3 is 85.7 Å². The van der Waals surface area contributed by atoms with Crippen LogP contribution >= 0.6 is 0 Å². The quantitative estimate of drug-likeness (QED) is 0.0363. The first-order valence-electron chi connectivity index (χ1n) is 34.5. The Morgan fingerprint density at radius 3 is 1.86 bits per heavy atom. The van der Waals surface area contributed by atoms with Gasteiger partial charge in [0.1, 0.15) is 6.61 Å². The molecule has 548 valence electrons. The molecule has 1 aliphatic rings. The number of benzene rings is 2. The van der Waals surface area contributed by atoms with Gasteiger partial charge in [-0.3, -0.25) is 33.6 Å². The Morgan fingerprint density at radius 1 is 0.701 bits per heavy atom. The molecule has 0 spiro atoms. The number of hydrogen-bond acceptors (Lipinski definition) is 18. The van der Waals surface area contributed by atoms with Gasteiger partial charge in [-0.25, -0.2) is 9.59 Å². The highest BCUT2D eigenvalue weighted by Crippen LogP contribution is 2.32. The third kappa shape index (κ3) is 28.6. The fraction of sp³-hybridized carbons (Fsp3) is 0.704. The van der Waals surface area contributed by atoms with Crippen LogP contribution in [0.3, 0.4) is 0 Å². The molecule has 8 amide bonds. The third-order valence-corrected chi connectivity index (χ3v) is 18.1. The second-order valence-electron chi connectivity index (χ2n) is 26.4. The van der Waals surface area contributed by atoms with Gasteiger partial charge in [-0.2, -0.15) is 0 Å². The molecule has 3 rings (SSSR count). The van der Waals surface area contributed by atoms with Gasteiger partial charge in [-0.1, -0.05) is 111 Å². The SMILES string of the molecule is CC[C@H](C)[C@@H]([C@@H](CC(=O)N1CCC[C@H]1[C@H](OC)[C@@H](C)C(=O)N[C@H](C)[C@@H](O)c1ccccc1)OC)N(C)C(=O)[C@@H](CC(=O)[C@H](C(C)C)N(C)C(=O)OCc1ccc(NC(=O)[C@H](CCCNC(N)=O)CC(=O)[C@@H](NC(=O)CCOCCOCCOCCOCCN)C(C)C)cc1)C(C)C. The number of carbonyl (C=O) groups is 9. The number of hydrogen-bond donors (Lipinski definition) is 7. The van der Waals surface area contributed by atoms with E-state index in [0.717, 1.165) is 0 Å². The number of likely N-dealkylation sites (tertiary alicyclic amines) is 1. The lowest BCUT2D eigenvalue weighted by Crippen LogP contribution is -2.55. The smallest absolute Gasteiger partial charge is 0.410 e. The van der Waals surface area contributed by atoms with E-state index in [9.17, 15) is 48.3 Å². The van der Waals surface area contributed by atoms with Crippen molar-refractivity contribution in [3.8, 4) is 0 Å². The summed E-state index contributed by atoms with van der Waals surface area (Å²) in [5.41, 5.74) is 12.3. The summed E-state index contributed by atoms with van der Waals surface area (Å²) in [6.45, 7) is 22.1. The van der Waals surface area contributed by atoms with Crippen LogP contribution < -0.4 is 32.7 Å². The van der Waals surface area contributed by atoms with Crippen LogP contribution in [0.25, 0.3) is 0 Å². The molecule has 2 aromatic rings. The first kappa shape index (κ1) is 84.6. The lowest BCUT2D eigenvalue weighted by Gasteiger charge is -2.41. The zero-order valence-corrected chi connectivity index (χ0v) is 60.2. The van der Waals surface area contributed by atoms with Crippen LogP contribution in [0.1, 0.15) is 144 Å². The monoisotopic (exact) mass is 1370 g/mol. The Labute approximate surface area is 575 Å². The molecule has 0 unspecified atom stereocenters. The van der Waals surface area contributed by atoms with E-state index >= 15 is 0 Å². The number of amides is 8. The molecule has 0 saturated carbocycles. The number of ether oxygens (including phenoxy) is 7. The van der Waals surface area contributed by atoms with Crippen LogP contribution in [0, 0.1) is 41.4 Å². The van der Waals surface area contributed by atoms with Crippen LogP contribution in [0.4, 0.5) is 15.3 Å². The second kappa shape index (κ2) is 45.1. The molecule has 1 heterocycles. The second-order valence-corrected chi connectivity index (χ2v) is 26.4. The number of likely N-dealkylation sites (N-methyl/N-ethyl adjacent to an activating group) is 2. The van der Waals surface area contributed by atoms with Crippen LogP contribution in [-0.2, 0) is 73.3 Å². The average molecular weight is 1370 g/mol. The van der Waals surface area contributed by atoms with E-state index in [0.29, 0.717) is 95.2 Å². The summed E-state index contributed by atoms with van der Waals surface area (Å²) in [7, 11) is 6.21. The van der Waals surface area contributed by atoms with Gasteiger partial charge >= 0.3 is 12.1 Å². The maximum absolute atomic E-state index is 14.9. The number of aliphatic hydroxyl groups excluding tert-OH is 1. The minimum atomic E-state index is -0.966. The minimum Gasteiger partial charge on any atom is -0.445 e. The summed E-state index contributed by atoms with van der Waals surface area (Å²) in [5, 5.41) is 22.1. The van der Waals surface area contributed by atoms with Crippen molar-refractivity contribution in [1.82, 2.24) is 30.7 Å². The van der Waals surface area contributed by atoms with Crippen LogP contribution in [0.15, 0.2) is 54.6 Å². The molecule has 0 radical (unpaired) electrons. The zero-order chi connectivity index (χ0) is 72.3. The Kier molecular flexibility index (Phi) is 39.3. The number of nitrogens with zero attached hydrogens (tertiary/aromatic N) is 3. The van der Waals surface area contributed by atoms with Crippen LogP contribution in [0.5, 0.6) is 0 Å². The van der Waals surface area contributed by atoms with E-state index in [2.05, 4.69) is 21.3 Å². The molecule has 1 saturated heterocycles. The number of aliphatic hydroxyl groups is 1. The third-order valence-electron chi connectivity index (χ3n) is 18.1. The molecule has 26 nitrogen and oxygen atoms in total. The highest BCUT2D eigenvalue weighted by Gasteiger charge is 2.44. The number of nitrogens with one attached hydrogen (secondary N) is 4. The number of Topliss-reactive ketones (excluding diaryl/α,β-unsaturated/α-hetero) is 2. The number of ketones is 2. The predicted molar refractivity (Wildman–Crippen MR) is 368 cm³/mol. The molecule has 12 atom stereocenters. The highest BCUT2D eigenvalue weighted by molar-refractivity contribution is 5.97. The topological polar surface area (TPSA) is 348 Å². The summed E-state index contributed by atoms with van der Waals surface area (Å²) in [4.78, 5) is 128. The van der Waals surface area contributed by atoms with Crippen LogP contribution in [-0.4, -0.2) is 216 Å². The van der Waals surface area contributed by atoms with Crippen molar-refractivity contribution in [2.24, 2.45) is 52.9 Å². The molecular weight excluding hydrogens is 1250 g/mol. The largest absolute Gasteiger partial charge is 0.445 e. The molecule has 0 aliphatic carbocycles. The number of primary amides is 1. The van der Waals surface area contributed by atoms with Crippen molar-refractivity contribution in [2.75, 3.05) is 106 Å². The highest BCUT2D eigenvalue weighted by atomic mass is 16.6. The predicted octanol–water partition coefficient (Wildman–Crippen LogP) is 6.19. The van der Waals surface area contributed by atoms with Gasteiger partial charge in [0.2, 0.25) is 29.5 Å². The van der Waals surface area contributed by atoms with Gasteiger partial charge in [-0.05, 0) is 79.5 Å². The van der Waals surface area contributed by atoms with Crippen molar-refractivity contribution >= 4 is 58.9 Å². The fourth-order valence-corrected chi connectivity index (χ4v) is 12.3. The van der Waals surface area contributed by atoms with E-state index in [-0.39, 0.29) is 111 Å². The molecule has 2 aromatic carbocycles. The van der Waals surface area contributed by atoms with Crippen molar-refractivity contribution in [2.45, 2.75) is 182 Å². The molecule has 26 heteroatoms. The Bertz CT molecular complexity index is 2710. The lowest BCUT2D eigenvalue weighted by molar-refractivity contribution is -0.149. The van der Waals surface area contributed by atoms with Gasteiger partial charge in [0.25, 0.3) is 0 Å². The molecule has 1 fully saturated rings. The Balaban J connectivity index is 1.64. The van der Waals surface area contributed by atoms with Crippen LogP contribution in [0.2, 0.25) is 0 Å². The molecule has 0 aromatic heterocycles. The van der Waals surface area contributed by atoms with Crippen molar-refractivity contribution in [1.29, 1.82) is 0 Å². The summed E-state index contributed by atoms with van der Waals surface area (Å²) in [6.07, 6.45) is -1.10. The Morgan fingerprint density at radius 2 is 1.31 bits per heavy atom.